The van der Waals surface area contributed by atoms with Crippen molar-refractivity contribution in [2.45, 2.75) is 0 Å². The maximum atomic E-state index is 6.73. The van der Waals surface area contributed by atoms with Crippen LogP contribution >= 0.6 is 11.3 Å². The summed E-state index contributed by atoms with van der Waals surface area (Å²) >= 11 is 1.77. The molecule has 2 heteroatoms. The number of fused-ring (bicyclic) bond motifs is 1. The van der Waals surface area contributed by atoms with E-state index in [1.165, 1.54) is 21.6 Å². The third-order valence-electron chi connectivity index (χ3n) is 5.80. The third kappa shape index (κ3) is 3.17. The first-order valence-corrected chi connectivity index (χ1v) is 11.6. The molecule has 0 radical (unpaired) electrons. The molecule has 2 heterocycles. The molecule has 6 aromatic rings. The van der Waals surface area contributed by atoms with E-state index in [2.05, 4.69) is 115 Å². The zero-order valence-electron chi connectivity index (χ0n) is 17.4. The summed E-state index contributed by atoms with van der Waals surface area (Å²) in [6, 6.07) is 40.0. The number of thiophene rings is 1. The molecule has 0 aliphatic heterocycles. The molecule has 0 unspecified atom stereocenters. The van der Waals surface area contributed by atoms with E-state index in [4.69, 9.17) is 4.42 Å². The molecule has 0 saturated heterocycles. The number of hydrogen-bond donors (Lipinski definition) is 0. The van der Waals surface area contributed by atoms with Gasteiger partial charge in [-0.3, -0.25) is 0 Å². The topological polar surface area (TPSA) is 13.1 Å². The smallest absolute Gasteiger partial charge is 0.144 e. The van der Waals surface area contributed by atoms with Crippen molar-refractivity contribution in [1.82, 2.24) is 0 Å². The van der Waals surface area contributed by atoms with Crippen LogP contribution in [0.15, 0.2) is 125 Å². The largest absolute Gasteiger partial charge is 0.455 e. The second kappa shape index (κ2) is 7.99. The van der Waals surface area contributed by atoms with Crippen LogP contribution in [0.2, 0.25) is 0 Å². The van der Waals surface area contributed by atoms with Crippen LogP contribution < -0.4 is 0 Å². The molecule has 0 aliphatic rings. The van der Waals surface area contributed by atoms with Gasteiger partial charge in [-0.1, -0.05) is 115 Å². The lowest BCUT2D eigenvalue weighted by Crippen LogP contribution is -1.83. The fourth-order valence-electron chi connectivity index (χ4n) is 4.30. The van der Waals surface area contributed by atoms with Crippen LogP contribution in [0.1, 0.15) is 0 Å². The summed E-state index contributed by atoms with van der Waals surface area (Å²) in [6.07, 6.45) is 0. The zero-order valence-corrected chi connectivity index (χ0v) is 18.2. The quantitative estimate of drug-likeness (QED) is 0.273. The predicted molar refractivity (Wildman–Crippen MR) is 136 cm³/mol. The van der Waals surface area contributed by atoms with E-state index < -0.39 is 0 Å². The highest BCUT2D eigenvalue weighted by Gasteiger charge is 2.23. The number of rotatable bonds is 4. The molecule has 0 spiro atoms. The Hall–Kier alpha value is -3.88. The maximum Gasteiger partial charge on any atom is 0.144 e. The molecular weight excluding hydrogens is 408 g/mol. The fraction of sp³-hybridized carbons (Fsp3) is 0. The molecule has 152 valence electrons. The number of hydrogen-bond acceptors (Lipinski definition) is 2. The molecule has 0 fully saturated rings. The lowest BCUT2D eigenvalue weighted by molar-refractivity contribution is 0.602. The lowest BCUT2D eigenvalue weighted by atomic mass is 9.96. The standard InChI is InChI=1S/C30H20OS/c1-4-12-21(13-5-1)26-20-32-30(23-16-8-3-9-17-23)27(26)29-25-19-11-10-18-24(25)28(31-29)22-14-6-2-7-15-22/h1-20H. The predicted octanol–water partition coefficient (Wildman–Crippen LogP) is 9.16. The minimum absolute atomic E-state index is 0.917. The first-order chi connectivity index (χ1) is 15.9. The van der Waals surface area contributed by atoms with Gasteiger partial charge in [-0.2, -0.15) is 0 Å². The highest BCUT2D eigenvalue weighted by atomic mass is 32.1. The van der Waals surface area contributed by atoms with Crippen molar-refractivity contribution >= 4 is 22.1 Å². The van der Waals surface area contributed by atoms with Gasteiger partial charge in [0, 0.05) is 32.3 Å². The third-order valence-corrected chi connectivity index (χ3v) is 6.82. The monoisotopic (exact) mass is 428 g/mol. The Kier molecular flexibility index (Phi) is 4.71. The van der Waals surface area contributed by atoms with Gasteiger partial charge in [0.15, 0.2) is 0 Å². The van der Waals surface area contributed by atoms with E-state index in [0.717, 1.165) is 33.4 Å². The van der Waals surface area contributed by atoms with Crippen molar-refractivity contribution in [2.75, 3.05) is 0 Å². The normalized spacial score (nSPS) is 11.1. The van der Waals surface area contributed by atoms with E-state index in [0.29, 0.717) is 0 Å². The van der Waals surface area contributed by atoms with Crippen molar-refractivity contribution < 1.29 is 4.42 Å². The minimum Gasteiger partial charge on any atom is -0.455 e. The summed E-state index contributed by atoms with van der Waals surface area (Å²) < 4.78 is 6.73. The molecule has 6 rings (SSSR count). The first-order valence-electron chi connectivity index (χ1n) is 10.7. The van der Waals surface area contributed by atoms with Gasteiger partial charge in [0.2, 0.25) is 0 Å². The van der Waals surface area contributed by atoms with Crippen molar-refractivity contribution in [3.63, 3.8) is 0 Å². The second-order valence-electron chi connectivity index (χ2n) is 7.76. The van der Waals surface area contributed by atoms with E-state index in [9.17, 15) is 0 Å². The zero-order chi connectivity index (χ0) is 21.3. The van der Waals surface area contributed by atoms with Crippen LogP contribution in [-0.4, -0.2) is 0 Å². The number of furan rings is 1. The molecule has 4 aromatic carbocycles. The molecule has 2 aromatic heterocycles. The average Bonchev–Trinajstić information content (AvgIpc) is 3.48. The molecule has 0 N–H and O–H groups in total. The molecular formula is C30H20OS. The van der Waals surface area contributed by atoms with Crippen molar-refractivity contribution in [2.24, 2.45) is 0 Å². The molecule has 0 saturated carbocycles. The van der Waals surface area contributed by atoms with Crippen LogP contribution in [0.25, 0.3) is 55.0 Å². The Labute approximate surface area is 191 Å². The van der Waals surface area contributed by atoms with Crippen molar-refractivity contribution in [3.05, 3.63) is 121 Å². The van der Waals surface area contributed by atoms with Gasteiger partial charge in [-0.05, 0) is 16.5 Å². The second-order valence-corrected chi connectivity index (χ2v) is 8.64. The van der Waals surface area contributed by atoms with E-state index in [-0.39, 0.29) is 0 Å². The van der Waals surface area contributed by atoms with Crippen LogP contribution in [-0.2, 0) is 0 Å². The minimum atomic E-state index is 0.917. The van der Waals surface area contributed by atoms with Crippen molar-refractivity contribution in [1.29, 1.82) is 0 Å². The Bertz CT molecular complexity index is 1440. The van der Waals surface area contributed by atoms with Gasteiger partial charge in [-0.15, -0.1) is 11.3 Å². The summed E-state index contributed by atoms with van der Waals surface area (Å²) in [5.41, 5.74) is 5.85. The van der Waals surface area contributed by atoms with Crippen LogP contribution in [0.3, 0.4) is 0 Å². The van der Waals surface area contributed by atoms with Gasteiger partial charge in [-0.25, -0.2) is 0 Å². The van der Waals surface area contributed by atoms with Crippen molar-refractivity contribution in [3.8, 4) is 44.2 Å². The van der Waals surface area contributed by atoms with E-state index in [1.54, 1.807) is 11.3 Å². The highest BCUT2D eigenvalue weighted by molar-refractivity contribution is 7.14. The Morgan fingerprint density at radius 3 is 1.59 bits per heavy atom. The van der Waals surface area contributed by atoms with E-state index in [1.807, 2.05) is 6.07 Å². The first kappa shape index (κ1) is 18.9. The Morgan fingerprint density at radius 2 is 0.969 bits per heavy atom. The SMILES string of the molecule is c1ccc(-c2csc(-c3ccccc3)c2-c2oc(-c3ccccc3)c3ccccc23)cc1. The Balaban J connectivity index is 1.68. The molecule has 1 nitrogen and oxygen atoms in total. The molecule has 32 heavy (non-hydrogen) atoms. The summed E-state index contributed by atoms with van der Waals surface area (Å²) in [7, 11) is 0. The number of benzene rings is 4. The molecule has 0 bridgehead atoms. The van der Waals surface area contributed by atoms with Gasteiger partial charge in [0.25, 0.3) is 0 Å². The van der Waals surface area contributed by atoms with Crippen LogP contribution in [0.4, 0.5) is 0 Å². The van der Waals surface area contributed by atoms with Gasteiger partial charge in [0.05, 0.1) is 0 Å². The lowest BCUT2D eigenvalue weighted by Gasteiger charge is -2.07. The highest BCUT2D eigenvalue weighted by Crippen LogP contribution is 2.49. The van der Waals surface area contributed by atoms with E-state index >= 15 is 0 Å². The Morgan fingerprint density at radius 1 is 0.469 bits per heavy atom. The maximum absolute atomic E-state index is 6.73. The summed E-state index contributed by atoms with van der Waals surface area (Å²) in [4.78, 5) is 1.23. The molecule has 0 atom stereocenters. The summed E-state index contributed by atoms with van der Waals surface area (Å²) in [5.74, 6) is 1.85. The van der Waals surface area contributed by atoms with Crippen LogP contribution in [0.5, 0.6) is 0 Å². The summed E-state index contributed by atoms with van der Waals surface area (Å²) in [5, 5.41) is 4.53. The average molecular weight is 429 g/mol. The summed E-state index contributed by atoms with van der Waals surface area (Å²) in [6.45, 7) is 0. The van der Waals surface area contributed by atoms with Gasteiger partial charge >= 0.3 is 0 Å². The molecule has 0 amide bonds. The fourth-order valence-corrected chi connectivity index (χ4v) is 5.38. The van der Waals surface area contributed by atoms with Crippen LogP contribution in [0, 0.1) is 0 Å². The van der Waals surface area contributed by atoms with Gasteiger partial charge in [0.1, 0.15) is 11.5 Å². The van der Waals surface area contributed by atoms with Gasteiger partial charge < -0.3 is 4.42 Å². The molecule has 0 aliphatic carbocycles.